The quantitative estimate of drug-likeness (QED) is 0.763. The first-order valence-corrected chi connectivity index (χ1v) is 6.79. The molecule has 0 fully saturated rings. The lowest BCUT2D eigenvalue weighted by Gasteiger charge is -2.07. The number of hydrogen-bond acceptors (Lipinski definition) is 7. The Morgan fingerprint density at radius 2 is 1.64 bits per heavy atom. The molecule has 2 N–H and O–H groups in total. The van der Waals surface area contributed by atoms with Crippen LogP contribution in [0.3, 0.4) is 0 Å². The van der Waals surface area contributed by atoms with Gasteiger partial charge in [-0.15, -0.1) is 0 Å². The molecular weight excluding hydrogens is 278 g/mol. The molecule has 0 atom stereocenters. The van der Waals surface area contributed by atoms with Crippen molar-refractivity contribution in [3.05, 3.63) is 48.4 Å². The van der Waals surface area contributed by atoms with Crippen LogP contribution in [0, 0.1) is 6.92 Å². The van der Waals surface area contributed by atoms with Crippen LogP contribution >= 0.6 is 0 Å². The molecule has 0 aliphatic heterocycles. The van der Waals surface area contributed by atoms with E-state index in [2.05, 4.69) is 35.6 Å². The van der Waals surface area contributed by atoms with Crippen LogP contribution < -0.4 is 10.6 Å². The minimum atomic E-state index is 0.541. The Kier molecular flexibility index (Phi) is 3.86. The van der Waals surface area contributed by atoms with Gasteiger partial charge in [0, 0.05) is 25.1 Å². The molecular formula is C15H15N7. The van der Waals surface area contributed by atoms with Gasteiger partial charge in [-0.1, -0.05) is 6.07 Å². The Bertz CT molecular complexity index is 788. The number of nitrogens with zero attached hydrogens (tertiary/aromatic N) is 5. The van der Waals surface area contributed by atoms with E-state index in [-0.39, 0.29) is 0 Å². The summed E-state index contributed by atoms with van der Waals surface area (Å²) in [6.45, 7) is 1.94. The van der Waals surface area contributed by atoms with E-state index in [1.807, 2.05) is 25.1 Å². The highest BCUT2D eigenvalue weighted by Gasteiger charge is 2.05. The van der Waals surface area contributed by atoms with Crippen molar-refractivity contribution < 1.29 is 0 Å². The number of rotatable bonds is 4. The SMILES string of the molecule is CNc1nccc(Nc2ccnc(-c3cccc(C)n3)n2)n1. The molecule has 0 unspecified atom stereocenters. The van der Waals surface area contributed by atoms with E-state index in [0.717, 1.165) is 11.4 Å². The predicted molar refractivity (Wildman–Crippen MR) is 84.9 cm³/mol. The smallest absolute Gasteiger partial charge is 0.224 e. The number of pyridine rings is 1. The van der Waals surface area contributed by atoms with Crippen molar-refractivity contribution in [2.45, 2.75) is 6.92 Å². The van der Waals surface area contributed by atoms with E-state index in [9.17, 15) is 0 Å². The van der Waals surface area contributed by atoms with Gasteiger partial charge in [-0.05, 0) is 31.2 Å². The fourth-order valence-electron chi connectivity index (χ4n) is 1.90. The van der Waals surface area contributed by atoms with Gasteiger partial charge in [0.2, 0.25) is 5.95 Å². The first-order chi connectivity index (χ1) is 10.7. The Morgan fingerprint density at radius 1 is 0.864 bits per heavy atom. The predicted octanol–water partition coefficient (Wildman–Crippen LogP) is 2.42. The first kappa shape index (κ1) is 13.9. The Balaban J connectivity index is 1.88. The van der Waals surface area contributed by atoms with Crippen LogP contribution in [0.2, 0.25) is 0 Å². The highest BCUT2D eigenvalue weighted by molar-refractivity contribution is 5.57. The van der Waals surface area contributed by atoms with Crippen molar-refractivity contribution >= 4 is 17.6 Å². The number of aryl methyl sites for hydroxylation is 1. The molecule has 0 amide bonds. The maximum Gasteiger partial charge on any atom is 0.224 e. The van der Waals surface area contributed by atoms with E-state index >= 15 is 0 Å². The molecule has 3 rings (SSSR count). The zero-order valence-electron chi connectivity index (χ0n) is 12.3. The molecule has 0 aromatic carbocycles. The second kappa shape index (κ2) is 6.13. The maximum absolute atomic E-state index is 4.47. The molecule has 0 saturated heterocycles. The summed E-state index contributed by atoms with van der Waals surface area (Å²) in [5, 5.41) is 6.03. The number of hydrogen-bond donors (Lipinski definition) is 2. The Labute approximate surface area is 127 Å². The fraction of sp³-hybridized carbons (Fsp3) is 0.133. The van der Waals surface area contributed by atoms with Gasteiger partial charge >= 0.3 is 0 Å². The molecule has 0 bridgehead atoms. The second-order valence-corrected chi connectivity index (χ2v) is 4.57. The summed E-state index contributed by atoms with van der Waals surface area (Å²) in [5.41, 5.74) is 1.66. The minimum Gasteiger partial charge on any atom is -0.357 e. The average Bonchev–Trinajstić information content (AvgIpc) is 2.55. The van der Waals surface area contributed by atoms with Gasteiger partial charge in [0.15, 0.2) is 5.82 Å². The van der Waals surface area contributed by atoms with Gasteiger partial charge in [-0.3, -0.25) is 0 Å². The van der Waals surface area contributed by atoms with Crippen molar-refractivity contribution in [2.24, 2.45) is 0 Å². The molecule has 0 radical (unpaired) electrons. The molecule has 22 heavy (non-hydrogen) atoms. The highest BCUT2D eigenvalue weighted by Crippen LogP contribution is 2.17. The third kappa shape index (κ3) is 3.14. The van der Waals surface area contributed by atoms with Gasteiger partial charge < -0.3 is 10.6 Å². The molecule has 0 aliphatic carbocycles. The van der Waals surface area contributed by atoms with E-state index in [1.165, 1.54) is 0 Å². The summed E-state index contributed by atoms with van der Waals surface area (Å²) in [7, 11) is 1.77. The second-order valence-electron chi connectivity index (χ2n) is 4.57. The lowest BCUT2D eigenvalue weighted by molar-refractivity contribution is 1.10. The van der Waals surface area contributed by atoms with Crippen LogP contribution in [0.15, 0.2) is 42.7 Å². The lowest BCUT2D eigenvalue weighted by Crippen LogP contribution is -2.02. The number of aromatic nitrogens is 5. The largest absolute Gasteiger partial charge is 0.357 e. The van der Waals surface area contributed by atoms with Crippen LogP contribution in [0.1, 0.15) is 5.69 Å². The normalized spacial score (nSPS) is 10.3. The van der Waals surface area contributed by atoms with Crippen molar-refractivity contribution in [2.75, 3.05) is 17.7 Å². The third-order valence-electron chi connectivity index (χ3n) is 2.91. The minimum absolute atomic E-state index is 0.541. The maximum atomic E-state index is 4.47. The lowest BCUT2D eigenvalue weighted by atomic mass is 10.3. The topological polar surface area (TPSA) is 88.5 Å². The van der Waals surface area contributed by atoms with E-state index in [4.69, 9.17) is 0 Å². The zero-order valence-corrected chi connectivity index (χ0v) is 12.3. The summed E-state index contributed by atoms with van der Waals surface area (Å²) >= 11 is 0. The number of anilines is 3. The molecule has 0 saturated carbocycles. The Hall–Kier alpha value is -3.09. The first-order valence-electron chi connectivity index (χ1n) is 6.79. The summed E-state index contributed by atoms with van der Waals surface area (Å²) < 4.78 is 0. The average molecular weight is 293 g/mol. The summed E-state index contributed by atoms with van der Waals surface area (Å²) in [4.78, 5) is 21.5. The number of nitrogens with one attached hydrogen (secondary N) is 2. The molecule has 3 aromatic rings. The van der Waals surface area contributed by atoms with Crippen molar-refractivity contribution in [1.82, 2.24) is 24.9 Å². The fourth-order valence-corrected chi connectivity index (χ4v) is 1.90. The van der Waals surface area contributed by atoms with Gasteiger partial charge in [0.05, 0.1) is 0 Å². The Morgan fingerprint density at radius 3 is 2.41 bits per heavy atom. The van der Waals surface area contributed by atoms with E-state index in [0.29, 0.717) is 23.4 Å². The standard InChI is InChI=1S/C15H15N7/c1-10-4-3-5-11(19-10)14-17-8-6-12(21-14)20-13-7-9-18-15(16-2)22-13/h3-9H,1-2H3,(H2,16,17,18,20,21,22). The highest BCUT2D eigenvalue weighted by atomic mass is 15.1. The molecule has 3 aromatic heterocycles. The van der Waals surface area contributed by atoms with Crippen molar-refractivity contribution in [1.29, 1.82) is 0 Å². The summed E-state index contributed by atoms with van der Waals surface area (Å²) in [6, 6.07) is 9.31. The summed E-state index contributed by atoms with van der Waals surface area (Å²) in [6.07, 6.45) is 3.36. The van der Waals surface area contributed by atoms with Gasteiger partial charge in [-0.2, -0.15) is 4.98 Å². The van der Waals surface area contributed by atoms with Crippen LogP contribution in [0.4, 0.5) is 17.6 Å². The molecule has 0 spiro atoms. The van der Waals surface area contributed by atoms with E-state index < -0.39 is 0 Å². The zero-order chi connectivity index (χ0) is 15.4. The molecule has 110 valence electrons. The van der Waals surface area contributed by atoms with Gasteiger partial charge in [-0.25, -0.2) is 19.9 Å². The molecule has 7 heteroatoms. The van der Waals surface area contributed by atoms with Crippen LogP contribution in [0.5, 0.6) is 0 Å². The van der Waals surface area contributed by atoms with Crippen LogP contribution in [-0.2, 0) is 0 Å². The molecule has 7 nitrogen and oxygen atoms in total. The van der Waals surface area contributed by atoms with Crippen LogP contribution in [-0.4, -0.2) is 32.0 Å². The third-order valence-corrected chi connectivity index (χ3v) is 2.91. The summed E-state index contributed by atoms with van der Waals surface area (Å²) in [5.74, 6) is 2.41. The monoisotopic (exact) mass is 293 g/mol. The van der Waals surface area contributed by atoms with Crippen molar-refractivity contribution in [3.8, 4) is 11.5 Å². The van der Waals surface area contributed by atoms with Gasteiger partial charge in [0.25, 0.3) is 0 Å². The van der Waals surface area contributed by atoms with E-state index in [1.54, 1.807) is 31.6 Å². The van der Waals surface area contributed by atoms with Crippen LogP contribution in [0.25, 0.3) is 11.5 Å². The molecule has 3 heterocycles. The molecule has 0 aliphatic rings. The van der Waals surface area contributed by atoms with Gasteiger partial charge in [0.1, 0.15) is 17.3 Å². The van der Waals surface area contributed by atoms with Crippen molar-refractivity contribution in [3.63, 3.8) is 0 Å².